The lowest BCUT2D eigenvalue weighted by molar-refractivity contribution is -1.10. The molecule has 0 radical (unpaired) electrons. The standard InChI is InChI=1S/C3H12N10O6/c1-13(8-18-11(5)15,9-19-12(6)16)7-17-10(14)3-2-4/h3-4,7-9H,5-6H2,1H3/q-2. The predicted octanol–water partition coefficient (Wildman–Crippen LogP) is -3.60. The van der Waals surface area contributed by atoms with Gasteiger partial charge in [-0.3, -0.25) is 22.3 Å². The molecule has 0 atom stereocenters. The van der Waals surface area contributed by atoms with Crippen molar-refractivity contribution in [1.29, 1.82) is 5.41 Å². The maximum absolute atomic E-state index is 10.8. The van der Waals surface area contributed by atoms with Gasteiger partial charge in [-0.15, -0.1) is 4.94 Å². The Kier molecular flexibility index (Phi) is 8.13. The molecule has 19 heavy (non-hydrogen) atoms. The van der Waals surface area contributed by atoms with E-state index in [4.69, 9.17) is 5.41 Å². The molecule has 0 spiro atoms. The molecule has 0 aliphatic heterocycles. The van der Waals surface area contributed by atoms with E-state index in [0.29, 0.717) is 6.20 Å². The van der Waals surface area contributed by atoms with Crippen molar-refractivity contribution >= 4 is 5.87 Å². The van der Waals surface area contributed by atoms with E-state index in [-0.39, 0.29) is 5.23 Å². The molecule has 16 nitrogen and oxygen atoms in total. The monoisotopic (exact) mass is 284 g/mol. The van der Waals surface area contributed by atoms with Crippen LogP contribution in [0.15, 0.2) is 6.20 Å². The van der Waals surface area contributed by atoms with Crippen LogP contribution in [0.3, 0.4) is 0 Å². The van der Waals surface area contributed by atoms with Crippen molar-refractivity contribution in [2.75, 3.05) is 7.05 Å². The number of nitrogens with two attached hydrogens (primary N) is 2. The second kappa shape index (κ2) is 8.73. The lowest BCUT2D eigenvalue weighted by Crippen LogP contribution is -2.72. The Balaban J connectivity index is 4.41. The van der Waals surface area contributed by atoms with Gasteiger partial charge >= 0.3 is 0 Å². The highest BCUT2D eigenvalue weighted by atomic mass is 17.1. The molecule has 112 valence electrons. The van der Waals surface area contributed by atoms with Crippen molar-refractivity contribution in [3.8, 4) is 0 Å². The summed E-state index contributed by atoms with van der Waals surface area (Å²) < 4.78 is 0. The van der Waals surface area contributed by atoms with E-state index in [0.717, 1.165) is 7.05 Å². The Hall–Kier alpha value is -1.31. The Labute approximate surface area is 105 Å². The molecule has 0 rings (SSSR count). The minimum absolute atomic E-state index is 0.234. The van der Waals surface area contributed by atoms with Gasteiger partial charge in [0.2, 0.25) is 0 Å². The first kappa shape index (κ1) is 17.7. The normalized spacial score (nSPS) is 11.8. The van der Waals surface area contributed by atoms with E-state index < -0.39 is 15.5 Å². The van der Waals surface area contributed by atoms with Crippen molar-refractivity contribution in [3.05, 3.63) is 21.8 Å². The summed E-state index contributed by atoms with van der Waals surface area (Å²) >= 11 is 0. The van der Waals surface area contributed by atoms with Crippen LogP contribution in [0.5, 0.6) is 0 Å². The average Bonchev–Trinajstić information content (AvgIpc) is 2.32. The zero-order chi connectivity index (χ0) is 14.9. The molecule has 8 N–H and O–H groups in total. The molecule has 0 unspecified atom stereocenters. The lowest BCUT2D eigenvalue weighted by Gasteiger charge is -2.35. The van der Waals surface area contributed by atoms with Crippen LogP contribution < -0.4 is 28.5 Å². The molecule has 0 saturated carbocycles. The number of quaternary nitrogens is 1. The SMILES string of the molecule is C[N+](NON(N)[O-])(NON(N)[O-])NON([O-])C=C=N. The topological polar surface area (TPSA) is 219 Å². The first-order valence-electron chi connectivity index (χ1n) is 4.14. The number of nitrogens with zero attached hydrogens (tertiary/aromatic N) is 4. The third-order valence-electron chi connectivity index (χ3n) is 1.11. The molecule has 0 aliphatic rings. The zero-order valence-electron chi connectivity index (χ0n) is 9.47. The first-order valence-corrected chi connectivity index (χ1v) is 4.14. The van der Waals surface area contributed by atoms with Gasteiger partial charge in [0.15, 0.2) is 0 Å². The summed E-state index contributed by atoms with van der Waals surface area (Å²) in [5.74, 6) is 10.8. The van der Waals surface area contributed by atoms with Gasteiger partial charge in [-0.05, 0) is 10.7 Å². The summed E-state index contributed by atoms with van der Waals surface area (Å²) in [5, 5.41) is 36.7. The smallest absolute Gasteiger partial charge is 0.132 e. The molecule has 0 aliphatic carbocycles. The highest BCUT2D eigenvalue weighted by molar-refractivity contribution is 5.46. The summed E-state index contributed by atoms with van der Waals surface area (Å²) in [6, 6.07) is 0. The minimum Gasteiger partial charge on any atom is -0.746 e. The van der Waals surface area contributed by atoms with Crippen LogP contribution in [0.1, 0.15) is 0 Å². The van der Waals surface area contributed by atoms with E-state index in [9.17, 15) is 15.6 Å². The highest BCUT2D eigenvalue weighted by Gasteiger charge is 2.25. The molecular formula is C3H12N10O6-2. The summed E-state index contributed by atoms with van der Waals surface area (Å²) in [5.41, 5.74) is 5.54. The number of hydrogen-bond acceptors (Lipinski definition) is 15. The Morgan fingerprint density at radius 2 is 1.53 bits per heavy atom. The van der Waals surface area contributed by atoms with Gasteiger partial charge in [-0.2, -0.15) is 20.5 Å². The lowest BCUT2D eigenvalue weighted by atomic mass is 11.0. The van der Waals surface area contributed by atoms with Crippen LogP contribution in [0.2, 0.25) is 0 Å². The second-order valence-electron chi connectivity index (χ2n) is 2.68. The second-order valence-corrected chi connectivity index (χ2v) is 2.68. The van der Waals surface area contributed by atoms with Crippen molar-refractivity contribution in [1.82, 2.24) is 32.7 Å². The quantitative estimate of drug-likeness (QED) is 0.0987. The largest absolute Gasteiger partial charge is 0.746 e. The van der Waals surface area contributed by atoms with Gasteiger partial charge < -0.3 is 15.6 Å². The minimum atomic E-state index is -1.11. The molecule has 0 aromatic rings. The third kappa shape index (κ3) is 9.29. The molecular weight excluding hydrogens is 272 g/mol. The van der Waals surface area contributed by atoms with Crippen LogP contribution in [-0.4, -0.2) is 33.6 Å². The maximum Gasteiger partial charge on any atom is 0.132 e. The van der Waals surface area contributed by atoms with Crippen molar-refractivity contribution in [2.24, 2.45) is 11.7 Å². The molecule has 16 heteroatoms. The maximum atomic E-state index is 10.8. The fourth-order valence-corrected chi connectivity index (χ4v) is 0.501. The van der Waals surface area contributed by atoms with Gasteiger partial charge in [0.05, 0.1) is 6.20 Å². The number of hydroxylamine groups is 2. The fourth-order valence-electron chi connectivity index (χ4n) is 0.501. The first-order chi connectivity index (χ1) is 8.79. The van der Waals surface area contributed by atoms with E-state index in [2.05, 4.69) is 26.5 Å². The van der Waals surface area contributed by atoms with E-state index in [1.54, 1.807) is 5.87 Å². The number of hydrogen-bond donors (Lipinski definition) is 6. The summed E-state index contributed by atoms with van der Waals surface area (Å²) in [6.07, 6.45) is 0.546. The Morgan fingerprint density at radius 3 is 1.89 bits per heavy atom. The predicted molar refractivity (Wildman–Crippen MR) is 55.1 cm³/mol. The van der Waals surface area contributed by atoms with E-state index >= 15 is 0 Å². The summed E-state index contributed by atoms with van der Waals surface area (Å²) in [6.45, 7) is 0. The number of nitrogens with one attached hydrogen (secondary N) is 4. The van der Waals surface area contributed by atoms with Gasteiger partial charge in [0.25, 0.3) is 0 Å². The molecule has 0 saturated heterocycles. The molecule has 0 heterocycles. The van der Waals surface area contributed by atoms with Crippen molar-refractivity contribution < 1.29 is 19.6 Å². The van der Waals surface area contributed by atoms with Crippen LogP contribution in [0.4, 0.5) is 0 Å². The van der Waals surface area contributed by atoms with Crippen molar-refractivity contribution in [3.63, 3.8) is 0 Å². The van der Waals surface area contributed by atoms with E-state index in [1.807, 2.05) is 16.8 Å². The van der Waals surface area contributed by atoms with Gasteiger partial charge in [0.1, 0.15) is 7.05 Å². The molecule has 0 amide bonds. The summed E-state index contributed by atoms with van der Waals surface area (Å²) in [7, 11) is 1.09. The molecule has 0 aromatic heterocycles. The average molecular weight is 284 g/mol. The fraction of sp³-hybridized carbons (Fsp3) is 0.333. The van der Waals surface area contributed by atoms with E-state index in [1.165, 1.54) is 0 Å². The van der Waals surface area contributed by atoms with Gasteiger partial charge in [-0.1, -0.05) is 0 Å². The third-order valence-corrected chi connectivity index (χ3v) is 1.11. The van der Waals surface area contributed by atoms with Crippen LogP contribution in [0, 0.1) is 21.0 Å². The van der Waals surface area contributed by atoms with Crippen LogP contribution >= 0.6 is 0 Å². The number of rotatable bonds is 10. The molecule has 0 bridgehead atoms. The van der Waals surface area contributed by atoms with Crippen molar-refractivity contribution in [2.45, 2.75) is 0 Å². The molecule has 0 aromatic carbocycles. The Bertz CT molecular complexity index is 281. The molecule has 0 fully saturated rings. The van der Waals surface area contributed by atoms with Crippen LogP contribution in [-0.2, 0) is 14.8 Å². The van der Waals surface area contributed by atoms with Crippen LogP contribution in [0.25, 0.3) is 0 Å². The van der Waals surface area contributed by atoms with Gasteiger partial charge in [-0.25, -0.2) is 0 Å². The highest BCUT2D eigenvalue weighted by Crippen LogP contribution is 1.91. The summed E-state index contributed by atoms with van der Waals surface area (Å²) in [4.78, 5) is 11.3. The Morgan fingerprint density at radius 1 is 1.11 bits per heavy atom. The van der Waals surface area contributed by atoms with Gasteiger partial charge in [0, 0.05) is 16.8 Å². The zero-order valence-corrected chi connectivity index (χ0v) is 9.47. The number of hydrazine groups is 2.